The molecule has 7 nitrogen and oxygen atoms in total. The molecule has 0 unspecified atom stereocenters. The Morgan fingerprint density at radius 2 is 2.12 bits per heavy atom. The van der Waals surface area contributed by atoms with Gasteiger partial charge >= 0.3 is 0 Å². The van der Waals surface area contributed by atoms with E-state index in [0.29, 0.717) is 22.8 Å². The Kier molecular flexibility index (Phi) is 4.70. The third kappa shape index (κ3) is 3.63. The molecular weight excluding hydrogens is 320 g/mol. The number of benzene rings is 1. The molecule has 3 rings (SSSR count). The Balaban J connectivity index is 1.93. The van der Waals surface area contributed by atoms with Crippen LogP contribution >= 0.6 is 0 Å². The second-order valence-corrected chi connectivity index (χ2v) is 5.69. The number of nitriles is 1. The Morgan fingerprint density at radius 3 is 2.76 bits per heavy atom. The summed E-state index contributed by atoms with van der Waals surface area (Å²) >= 11 is 0. The molecule has 0 spiro atoms. The minimum absolute atomic E-state index is 0.0510. The molecule has 1 fully saturated rings. The molecule has 1 aromatic heterocycles. The molecule has 0 bridgehead atoms. The highest BCUT2D eigenvalue weighted by atomic mass is 16.5. The number of carbonyl (C=O) groups is 1. The molecule has 1 aliphatic rings. The average molecular weight is 338 g/mol. The summed E-state index contributed by atoms with van der Waals surface area (Å²) in [5.41, 5.74) is 2.19. The second kappa shape index (κ2) is 7.09. The molecule has 7 heteroatoms. The number of ether oxygens (including phenoxy) is 2. The van der Waals surface area contributed by atoms with Crippen LogP contribution in [0.3, 0.4) is 0 Å². The zero-order chi connectivity index (χ0) is 17.8. The normalized spacial score (nSPS) is 13.9. The highest BCUT2D eigenvalue weighted by molar-refractivity contribution is 6.02. The Labute approximate surface area is 145 Å². The zero-order valence-corrected chi connectivity index (χ0v) is 14.0. The summed E-state index contributed by atoms with van der Waals surface area (Å²) in [7, 11) is 3.13. The number of nitrogens with zero attached hydrogens (tertiary/aromatic N) is 2. The number of aromatic amines is 1. The third-order valence-corrected chi connectivity index (χ3v) is 3.92. The molecule has 1 aliphatic carbocycles. The van der Waals surface area contributed by atoms with Crippen LogP contribution in [0.5, 0.6) is 11.5 Å². The number of H-pyrrole nitrogens is 1. The van der Waals surface area contributed by atoms with Gasteiger partial charge in [0.05, 0.1) is 26.1 Å². The van der Waals surface area contributed by atoms with Crippen LogP contribution in [0, 0.1) is 11.3 Å². The van der Waals surface area contributed by atoms with Crippen molar-refractivity contribution in [1.82, 2.24) is 15.5 Å². The van der Waals surface area contributed by atoms with Gasteiger partial charge in [0, 0.05) is 17.2 Å². The summed E-state index contributed by atoms with van der Waals surface area (Å²) in [6.07, 6.45) is 5.04. The van der Waals surface area contributed by atoms with Crippen LogP contribution in [0.2, 0.25) is 0 Å². The third-order valence-electron chi connectivity index (χ3n) is 3.92. The summed E-state index contributed by atoms with van der Waals surface area (Å²) in [5.74, 6) is 0.838. The van der Waals surface area contributed by atoms with E-state index >= 15 is 0 Å². The Bertz CT molecular complexity index is 859. The molecule has 1 aromatic carbocycles. The van der Waals surface area contributed by atoms with Crippen molar-refractivity contribution in [3.8, 4) is 28.8 Å². The fraction of sp³-hybridized carbons (Fsp3) is 0.278. The fourth-order valence-electron chi connectivity index (χ4n) is 2.42. The van der Waals surface area contributed by atoms with Gasteiger partial charge in [0.2, 0.25) is 0 Å². The highest BCUT2D eigenvalue weighted by Crippen LogP contribution is 2.33. The molecule has 0 saturated heterocycles. The number of aromatic nitrogens is 2. The maximum atomic E-state index is 12.1. The van der Waals surface area contributed by atoms with Crippen LogP contribution in [0.1, 0.15) is 18.4 Å². The predicted octanol–water partition coefficient (Wildman–Crippen LogP) is 2.28. The first-order chi connectivity index (χ1) is 12.2. The lowest BCUT2D eigenvalue weighted by Crippen LogP contribution is -2.26. The second-order valence-electron chi connectivity index (χ2n) is 5.69. The van der Waals surface area contributed by atoms with E-state index in [2.05, 4.69) is 15.5 Å². The molecule has 2 N–H and O–H groups in total. The minimum Gasteiger partial charge on any atom is -0.493 e. The summed E-state index contributed by atoms with van der Waals surface area (Å²) in [5, 5.41) is 19.0. The predicted molar refractivity (Wildman–Crippen MR) is 91.9 cm³/mol. The highest BCUT2D eigenvalue weighted by Gasteiger charge is 2.25. The van der Waals surface area contributed by atoms with Gasteiger partial charge in [0.1, 0.15) is 11.6 Å². The molecular formula is C18H18N4O3. The zero-order valence-electron chi connectivity index (χ0n) is 14.0. The SMILES string of the molecule is COc1ccc(-c2[nH]ncc2/C=C(\C#N)C(=O)NC2CC2)cc1OC. The van der Waals surface area contributed by atoms with Gasteiger partial charge in [-0.2, -0.15) is 10.4 Å². The van der Waals surface area contributed by atoms with Gasteiger partial charge < -0.3 is 14.8 Å². The van der Waals surface area contributed by atoms with Gasteiger partial charge in [-0.25, -0.2) is 0 Å². The number of amides is 1. The molecule has 1 saturated carbocycles. The van der Waals surface area contributed by atoms with E-state index in [9.17, 15) is 10.1 Å². The van der Waals surface area contributed by atoms with Gasteiger partial charge in [0.25, 0.3) is 5.91 Å². The van der Waals surface area contributed by atoms with Gasteiger partial charge in [-0.15, -0.1) is 0 Å². The van der Waals surface area contributed by atoms with E-state index in [4.69, 9.17) is 9.47 Å². The number of hydrogen-bond donors (Lipinski definition) is 2. The minimum atomic E-state index is -0.357. The van der Waals surface area contributed by atoms with Crippen molar-refractivity contribution in [1.29, 1.82) is 5.26 Å². The van der Waals surface area contributed by atoms with E-state index in [-0.39, 0.29) is 17.5 Å². The Hall–Kier alpha value is -3.27. The summed E-state index contributed by atoms with van der Waals surface area (Å²) in [6.45, 7) is 0. The van der Waals surface area contributed by atoms with E-state index < -0.39 is 0 Å². The number of rotatable bonds is 6. The summed E-state index contributed by atoms with van der Waals surface area (Å²) < 4.78 is 10.6. The molecule has 0 radical (unpaired) electrons. The topological polar surface area (TPSA) is 100 Å². The molecule has 128 valence electrons. The molecule has 0 aliphatic heterocycles. The van der Waals surface area contributed by atoms with Gasteiger partial charge in [-0.3, -0.25) is 9.89 Å². The maximum absolute atomic E-state index is 12.1. The molecule has 2 aromatic rings. The van der Waals surface area contributed by atoms with Gasteiger partial charge in [-0.1, -0.05) is 0 Å². The standard InChI is InChI=1S/C18H18N4O3/c1-24-15-6-3-11(8-16(15)25-2)17-13(10-20-22-17)7-12(9-19)18(23)21-14-4-5-14/h3,6-8,10,14H,4-5H2,1-2H3,(H,20,22)(H,21,23)/b12-7+. The van der Waals surface area contributed by atoms with Crippen LogP contribution in [-0.4, -0.2) is 36.4 Å². The lowest BCUT2D eigenvalue weighted by molar-refractivity contribution is -0.117. The van der Waals surface area contributed by atoms with Crippen molar-refractivity contribution in [2.75, 3.05) is 14.2 Å². The summed E-state index contributed by atoms with van der Waals surface area (Å²) in [6, 6.07) is 7.59. The van der Waals surface area contributed by atoms with Crippen LogP contribution in [0.15, 0.2) is 30.0 Å². The van der Waals surface area contributed by atoms with E-state index in [1.807, 2.05) is 12.1 Å². The quantitative estimate of drug-likeness (QED) is 0.622. The number of hydrogen-bond acceptors (Lipinski definition) is 5. The Morgan fingerprint density at radius 1 is 1.36 bits per heavy atom. The number of methoxy groups -OCH3 is 2. The van der Waals surface area contributed by atoms with Crippen molar-refractivity contribution >= 4 is 12.0 Å². The van der Waals surface area contributed by atoms with E-state index in [1.54, 1.807) is 32.5 Å². The van der Waals surface area contributed by atoms with E-state index in [0.717, 1.165) is 18.4 Å². The van der Waals surface area contributed by atoms with Crippen molar-refractivity contribution in [3.05, 3.63) is 35.5 Å². The largest absolute Gasteiger partial charge is 0.493 e. The summed E-state index contributed by atoms with van der Waals surface area (Å²) in [4.78, 5) is 12.1. The van der Waals surface area contributed by atoms with Crippen LogP contribution in [0.25, 0.3) is 17.3 Å². The number of nitrogens with one attached hydrogen (secondary N) is 2. The van der Waals surface area contributed by atoms with Crippen molar-refractivity contribution in [2.45, 2.75) is 18.9 Å². The molecule has 25 heavy (non-hydrogen) atoms. The van der Waals surface area contributed by atoms with Crippen molar-refractivity contribution < 1.29 is 14.3 Å². The monoisotopic (exact) mass is 338 g/mol. The van der Waals surface area contributed by atoms with Gasteiger partial charge in [-0.05, 0) is 37.1 Å². The fourth-order valence-corrected chi connectivity index (χ4v) is 2.42. The first kappa shape index (κ1) is 16.6. The maximum Gasteiger partial charge on any atom is 0.262 e. The average Bonchev–Trinajstić information content (AvgIpc) is 3.33. The van der Waals surface area contributed by atoms with Gasteiger partial charge in [0.15, 0.2) is 11.5 Å². The van der Waals surface area contributed by atoms with Crippen molar-refractivity contribution in [3.63, 3.8) is 0 Å². The van der Waals surface area contributed by atoms with Crippen LogP contribution in [-0.2, 0) is 4.79 Å². The smallest absolute Gasteiger partial charge is 0.262 e. The molecule has 1 heterocycles. The first-order valence-electron chi connectivity index (χ1n) is 7.84. The first-order valence-corrected chi connectivity index (χ1v) is 7.84. The van der Waals surface area contributed by atoms with Crippen molar-refractivity contribution in [2.24, 2.45) is 0 Å². The van der Waals surface area contributed by atoms with Crippen LogP contribution in [0.4, 0.5) is 0 Å². The number of carbonyl (C=O) groups excluding carboxylic acids is 1. The van der Waals surface area contributed by atoms with Crippen LogP contribution < -0.4 is 14.8 Å². The molecule has 1 amide bonds. The lowest BCUT2D eigenvalue weighted by Gasteiger charge is -2.09. The lowest BCUT2D eigenvalue weighted by atomic mass is 10.1. The van der Waals surface area contributed by atoms with E-state index in [1.165, 1.54) is 6.08 Å². The molecule has 0 atom stereocenters.